The van der Waals surface area contributed by atoms with Crippen LogP contribution in [0.5, 0.6) is 5.75 Å². The number of thiazole rings is 1. The van der Waals surface area contributed by atoms with Gasteiger partial charge >= 0.3 is 5.97 Å². The van der Waals surface area contributed by atoms with E-state index in [1.165, 1.54) is 17.4 Å². The molecule has 0 aliphatic carbocycles. The topological polar surface area (TPSA) is 73.7 Å². The van der Waals surface area contributed by atoms with Crippen LogP contribution in [0.4, 0.5) is 13.9 Å². The molecule has 7 nitrogen and oxygen atoms in total. The monoisotopic (exact) mass is 529 g/mol. The van der Waals surface area contributed by atoms with Gasteiger partial charge in [0.05, 0.1) is 37.4 Å². The summed E-state index contributed by atoms with van der Waals surface area (Å²) in [6.07, 6.45) is 3.97. The lowest BCUT2D eigenvalue weighted by Crippen LogP contribution is -2.56. The molecule has 0 N–H and O–H groups in total. The largest absolute Gasteiger partial charge is 0.496 e. The van der Waals surface area contributed by atoms with Crippen molar-refractivity contribution in [2.24, 2.45) is 5.41 Å². The summed E-state index contributed by atoms with van der Waals surface area (Å²) < 4.78 is 39.6. The number of nitrogens with zero attached hydrogens (tertiary/aromatic N) is 3. The van der Waals surface area contributed by atoms with Gasteiger partial charge in [-0.2, -0.15) is 0 Å². The molecule has 4 heterocycles. The molecular weight excluding hydrogens is 500 g/mol. The predicted octanol–water partition coefficient (Wildman–Crippen LogP) is 5.42. The number of carbonyl (C=O) groups excluding carboxylic acids is 1. The van der Waals surface area contributed by atoms with Crippen LogP contribution in [0.1, 0.15) is 49.7 Å². The number of pyridine rings is 1. The molecule has 0 saturated carbocycles. The summed E-state index contributed by atoms with van der Waals surface area (Å²) >= 11 is 1.35. The van der Waals surface area contributed by atoms with Crippen molar-refractivity contribution < 1.29 is 23.0 Å². The molecular formula is C27H29F2N3O4S. The Morgan fingerprint density at radius 1 is 1.22 bits per heavy atom. The Bertz CT molecular complexity index is 1430. The fourth-order valence-electron chi connectivity index (χ4n) is 4.99. The molecule has 1 aromatic carbocycles. The van der Waals surface area contributed by atoms with E-state index in [-0.39, 0.29) is 36.7 Å². The molecule has 2 aliphatic heterocycles. The van der Waals surface area contributed by atoms with Crippen molar-refractivity contribution in [3.8, 4) is 27.4 Å². The van der Waals surface area contributed by atoms with E-state index in [9.17, 15) is 18.4 Å². The van der Waals surface area contributed by atoms with Crippen molar-refractivity contribution in [1.82, 2.24) is 9.55 Å². The Morgan fingerprint density at radius 3 is 2.57 bits per heavy atom. The molecule has 2 aromatic heterocycles. The summed E-state index contributed by atoms with van der Waals surface area (Å²) in [6.45, 7) is 7.61. The summed E-state index contributed by atoms with van der Waals surface area (Å²) in [5.74, 6) is -2.71. The minimum absolute atomic E-state index is 0.0145. The van der Waals surface area contributed by atoms with Crippen molar-refractivity contribution in [3.63, 3.8) is 0 Å². The standard InChI is InChI=1S/C27H29F2N3O4S/c1-6-36-24(34)18-12-32-19(10-20(18)33)16-9-21(35-5)17(7-15(16)8-23(32)26(2,3)4)22-11-30-25(37-22)31-13-27(28,29)14-31/h7,9-12,23H,6,8,13-14H2,1-5H3. The van der Waals surface area contributed by atoms with E-state index in [0.717, 1.165) is 21.6 Å². The number of ether oxygens (including phenoxy) is 2. The number of fused-ring (bicyclic) bond motifs is 3. The van der Waals surface area contributed by atoms with Gasteiger partial charge in [0.15, 0.2) is 10.6 Å². The highest BCUT2D eigenvalue weighted by atomic mass is 32.1. The van der Waals surface area contributed by atoms with Gasteiger partial charge in [-0.3, -0.25) is 4.79 Å². The Morgan fingerprint density at radius 2 is 1.95 bits per heavy atom. The molecule has 1 atom stereocenters. The fraction of sp³-hybridized carbons (Fsp3) is 0.444. The Balaban J connectivity index is 1.62. The van der Waals surface area contributed by atoms with Crippen LogP contribution < -0.4 is 15.1 Å². The second kappa shape index (κ2) is 8.93. The number of esters is 1. The molecule has 0 spiro atoms. The number of benzene rings is 1. The third-order valence-electron chi connectivity index (χ3n) is 6.90. The lowest BCUT2D eigenvalue weighted by Gasteiger charge is -2.39. The molecule has 37 heavy (non-hydrogen) atoms. The van der Waals surface area contributed by atoms with E-state index in [0.29, 0.717) is 23.0 Å². The van der Waals surface area contributed by atoms with Crippen LogP contribution in [0.3, 0.4) is 0 Å². The number of hydrogen-bond acceptors (Lipinski definition) is 7. The number of methoxy groups -OCH3 is 1. The van der Waals surface area contributed by atoms with Crippen LogP contribution in [-0.2, 0) is 11.2 Å². The lowest BCUT2D eigenvalue weighted by molar-refractivity contribution is -0.0262. The maximum absolute atomic E-state index is 13.4. The molecule has 1 fully saturated rings. The number of rotatable bonds is 5. The molecule has 1 saturated heterocycles. The fourth-order valence-corrected chi connectivity index (χ4v) is 5.93. The first kappa shape index (κ1) is 25.4. The zero-order chi connectivity index (χ0) is 26.7. The smallest absolute Gasteiger partial charge is 0.343 e. The van der Waals surface area contributed by atoms with E-state index in [1.54, 1.807) is 31.3 Å². The van der Waals surface area contributed by atoms with E-state index in [4.69, 9.17) is 9.47 Å². The van der Waals surface area contributed by atoms with Crippen LogP contribution >= 0.6 is 11.3 Å². The Kier molecular flexibility index (Phi) is 6.13. The van der Waals surface area contributed by atoms with Crippen LogP contribution in [0.25, 0.3) is 21.7 Å². The lowest BCUT2D eigenvalue weighted by atomic mass is 9.78. The zero-order valence-electron chi connectivity index (χ0n) is 21.4. The first-order valence-electron chi connectivity index (χ1n) is 12.2. The molecule has 1 unspecified atom stereocenters. The van der Waals surface area contributed by atoms with Crippen molar-refractivity contribution in [1.29, 1.82) is 0 Å². The molecule has 5 rings (SSSR count). The summed E-state index contributed by atoms with van der Waals surface area (Å²) in [5.41, 5.74) is 2.84. The normalized spacial score (nSPS) is 18.0. The first-order valence-corrected chi connectivity index (χ1v) is 13.0. The number of carbonyl (C=O) groups is 1. The molecule has 10 heteroatoms. The van der Waals surface area contributed by atoms with E-state index in [2.05, 4.69) is 25.8 Å². The Labute approximate surface area is 217 Å². The third kappa shape index (κ3) is 4.52. The number of halogens is 2. The average Bonchev–Trinajstić information content (AvgIpc) is 3.30. The highest BCUT2D eigenvalue weighted by molar-refractivity contribution is 7.19. The van der Waals surface area contributed by atoms with E-state index in [1.807, 2.05) is 16.7 Å². The zero-order valence-corrected chi connectivity index (χ0v) is 22.2. The predicted molar refractivity (Wildman–Crippen MR) is 139 cm³/mol. The van der Waals surface area contributed by atoms with Crippen molar-refractivity contribution in [3.05, 3.63) is 51.9 Å². The average molecular weight is 530 g/mol. The molecule has 2 aliphatic rings. The van der Waals surface area contributed by atoms with Gasteiger partial charge in [-0.05, 0) is 36.5 Å². The van der Waals surface area contributed by atoms with E-state index < -0.39 is 17.3 Å². The molecule has 196 valence electrons. The summed E-state index contributed by atoms with van der Waals surface area (Å²) in [5, 5.41) is 0.552. The second-order valence-electron chi connectivity index (χ2n) is 10.6. The van der Waals surface area contributed by atoms with Crippen LogP contribution in [0.2, 0.25) is 0 Å². The van der Waals surface area contributed by atoms with Crippen molar-refractivity contribution >= 4 is 22.4 Å². The van der Waals surface area contributed by atoms with Crippen LogP contribution in [0.15, 0.2) is 35.4 Å². The molecule has 0 radical (unpaired) electrons. The third-order valence-corrected chi connectivity index (χ3v) is 7.99. The van der Waals surface area contributed by atoms with Gasteiger partial charge in [0.2, 0.25) is 0 Å². The van der Waals surface area contributed by atoms with Gasteiger partial charge in [-0.15, -0.1) is 0 Å². The second-order valence-corrected chi connectivity index (χ2v) is 11.6. The molecule has 3 aromatic rings. The number of hydrogen-bond donors (Lipinski definition) is 0. The first-order chi connectivity index (χ1) is 17.4. The maximum Gasteiger partial charge on any atom is 0.343 e. The van der Waals surface area contributed by atoms with Gasteiger partial charge < -0.3 is 18.9 Å². The van der Waals surface area contributed by atoms with Gasteiger partial charge in [0, 0.05) is 35.6 Å². The highest BCUT2D eigenvalue weighted by Crippen LogP contribution is 2.47. The van der Waals surface area contributed by atoms with Gasteiger partial charge in [-0.1, -0.05) is 32.1 Å². The quantitative estimate of drug-likeness (QED) is 0.411. The minimum atomic E-state index is -2.67. The van der Waals surface area contributed by atoms with Gasteiger partial charge in [-0.25, -0.2) is 18.6 Å². The number of anilines is 1. The van der Waals surface area contributed by atoms with Crippen LogP contribution in [-0.4, -0.2) is 48.2 Å². The minimum Gasteiger partial charge on any atom is -0.496 e. The van der Waals surface area contributed by atoms with Crippen molar-refractivity contribution in [2.75, 3.05) is 31.7 Å². The van der Waals surface area contributed by atoms with Gasteiger partial charge in [0.25, 0.3) is 5.92 Å². The van der Waals surface area contributed by atoms with Crippen molar-refractivity contribution in [2.45, 2.75) is 46.1 Å². The highest BCUT2D eigenvalue weighted by Gasteiger charge is 2.45. The molecule has 0 bridgehead atoms. The Hall–Kier alpha value is -3.27. The van der Waals surface area contributed by atoms with Crippen LogP contribution in [0, 0.1) is 5.41 Å². The summed E-state index contributed by atoms with van der Waals surface area (Å²) in [7, 11) is 1.57. The number of alkyl halides is 2. The summed E-state index contributed by atoms with van der Waals surface area (Å²) in [6, 6.07) is 5.40. The van der Waals surface area contributed by atoms with E-state index >= 15 is 0 Å². The summed E-state index contributed by atoms with van der Waals surface area (Å²) in [4.78, 5) is 32.2. The number of aromatic nitrogens is 2. The maximum atomic E-state index is 13.4. The SMILES string of the molecule is CCOC(=O)c1cn2c(cc1=O)-c1cc(OC)c(-c3cnc(N4CC(F)(F)C4)s3)cc1CC2C(C)(C)C. The van der Waals surface area contributed by atoms with Gasteiger partial charge in [0.1, 0.15) is 11.3 Å². The molecule has 0 amide bonds.